The maximum Gasteiger partial charge on any atom is 0.414 e. The fourth-order valence-electron chi connectivity index (χ4n) is 1.88. The lowest BCUT2D eigenvalue weighted by atomic mass is 10.1. The van der Waals surface area contributed by atoms with Gasteiger partial charge in [-0.25, -0.2) is 4.79 Å². The molecule has 0 saturated carbocycles. The Labute approximate surface area is 87.2 Å². The normalized spacial score (nSPS) is 18.1. The van der Waals surface area contributed by atoms with Gasteiger partial charge in [-0.15, -0.1) is 0 Å². The van der Waals surface area contributed by atoms with Crippen LogP contribution in [0.4, 0.5) is 10.5 Å². The second kappa shape index (κ2) is 3.08. The maximum absolute atomic E-state index is 11.3. The first-order chi connectivity index (χ1) is 7.34. The van der Waals surface area contributed by atoms with Crippen LogP contribution in [-0.2, 0) is 11.3 Å². The Morgan fingerprint density at radius 1 is 1.40 bits per heavy atom. The summed E-state index contributed by atoms with van der Waals surface area (Å²) in [5, 5.41) is 0. The van der Waals surface area contributed by atoms with E-state index in [9.17, 15) is 4.79 Å². The van der Waals surface area contributed by atoms with E-state index < -0.39 is 0 Å². The van der Waals surface area contributed by atoms with Crippen molar-refractivity contribution in [2.75, 3.05) is 18.1 Å². The van der Waals surface area contributed by atoms with E-state index in [-0.39, 0.29) is 6.09 Å². The molecular formula is C11H10N2O2. The van der Waals surface area contributed by atoms with Crippen LogP contribution in [0, 0.1) is 0 Å². The molecule has 0 aliphatic carbocycles. The van der Waals surface area contributed by atoms with Crippen LogP contribution in [0.3, 0.4) is 0 Å². The summed E-state index contributed by atoms with van der Waals surface area (Å²) in [5.74, 6) is 0. The highest BCUT2D eigenvalue weighted by atomic mass is 16.6. The smallest absolute Gasteiger partial charge is 0.414 e. The molecule has 2 aliphatic rings. The van der Waals surface area contributed by atoms with Crippen LogP contribution in [-0.4, -0.2) is 25.5 Å². The number of carbonyl (C=O) groups is 1. The Bertz CT molecular complexity index is 454. The fraction of sp³-hybridized carbons (Fsp3) is 0.273. The highest BCUT2D eigenvalue weighted by molar-refractivity contribution is 5.92. The Balaban J connectivity index is 1.98. The first-order valence-corrected chi connectivity index (χ1v) is 4.92. The van der Waals surface area contributed by atoms with E-state index in [0.717, 1.165) is 17.8 Å². The van der Waals surface area contributed by atoms with Gasteiger partial charge in [0, 0.05) is 11.9 Å². The number of carbonyl (C=O) groups excluding carboxylic acids is 1. The molecule has 0 spiro atoms. The standard InChI is InChI=1S/C11H10N2O2/c14-11-13(3-4-15-11)10-2-1-8-6-12-7-9(8)5-10/h1-2,5,7H,3-4,6H2. The molecule has 0 atom stereocenters. The molecule has 1 amide bonds. The largest absolute Gasteiger partial charge is 0.447 e. The second-order valence-corrected chi connectivity index (χ2v) is 3.62. The van der Waals surface area contributed by atoms with E-state index in [1.807, 2.05) is 24.4 Å². The van der Waals surface area contributed by atoms with Gasteiger partial charge in [0.2, 0.25) is 0 Å². The lowest BCUT2D eigenvalue weighted by Gasteiger charge is -2.13. The molecule has 4 nitrogen and oxygen atoms in total. The topological polar surface area (TPSA) is 41.9 Å². The molecule has 4 heteroatoms. The summed E-state index contributed by atoms with van der Waals surface area (Å²) in [4.78, 5) is 17.2. The zero-order valence-electron chi connectivity index (χ0n) is 8.14. The molecular weight excluding hydrogens is 192 g/mol. The molecule has 1 saturated heterocycles. The minimum absolute atomic E-state index is 0.259. The molecule has 2 aliphatic heterocycles. The average Bonchev–Trinajstić information content (AvgIpc) is 2.84. The third-order valence-corrected chi connectivity index (χ3v) is 2.69. The fourth-order valence-corrected chi connectivity index (χ4v) is 1.88. The molecule has 0 N–H and O–H groups in total. The van der Waals surface area contributed by atoms with Crippen molar-refractivity contribution in [3.63, 3.8) is 0 Å². The third-order valence-electron chi connectivity index (χ3n) is 2.69. The van der Waals surface area contributed by atoms with Gasteiger partial charge in [-0.2, -0.15) is 0 Å². The van der Waals surface area contributed by atoms with Crippen LogP contribution in [0.15, 0.2) is 23.2 Å². The first-order valence-electron chi connectivity index (χ1n) is 4.92. The van der Waals surface area contributed by atoms with E-state index >= 15 is 0 Å². The van der Waals surface area contributed by atoms with Gasteiger partial charge in [-0.1, -0.05) is 6.07 Å². The van der Waals surface area contributed by atoms with E-state index in [1.54, 1.807) is 4.90 Å². The molecule has 0 radical (unpaired) electrons. The van der Waals surface area contributed by atoms with E-state index in [1.165, 1.54) is 5.56 Å². The predicted octanol–water partition coefficient (Wildman–Crippen LogP) is 1.58. The number of hydrogen-bond acceptors (Lipinski definition) is 3. The van der Waals surface area contributed by atoms with E-state index in [2.05, 4.69) is 4.99 Å². The number of hydrogen-bond donors (Lipinski definition) is 0. The van der Waals surface area contributed by atoms with E-state index in [0.29, 0.717) is 13.2 Å². The number of amides is 1. The zero-order valence-corrected chi connectivity index (χ0v) is 8.14. The molecule has 1 aromatic carbocycles. The zero-order chi connectivity index (χ0) is 10.3. The number of anilines is 1. The number of aliphatic imine (C=N–C) groups is 1. The van der Waals surface area contributed by atoms with Gasteiger partial charge < -0.3 is 4.74 Å². The SMILES string of the molecule is O=C1OCCN1c1ccc2c(c1)C=NC2. The number of cyclic esters (lactones) is 1. The van der Waals surface area contributed by atoms with Crippen LogP contribution in [0.1, 0.15) is 11.1 Å². The van der Waals surface area contributed by atoms with Crippen molar-refractivity contribution in [1.82, 2.24) is 0 Å². The lowest BCUT2D eigenvalue weighted by molar-refractivity contribution is 0.181. The van der Waals surface area contributed by atoms with Gasteiger partial charge in [0.05, 0.1) is 13.1 Å². The Hall–Kier alpha value is -1.84. The summed E-state index contributed by atoms with van der Waals surface area (Å²) in [6.07, 6.45) is 1.59. The molecule has 3 rings (SSSR count). The second-order valence-electron chi connectivity index (χ2n) is 3.62. The van der Waals surface area contributed by atoms with Gasteiger partial charge in [-0.3, -0.25) is 9.89 Å². The Kier molecular flexibility index (Phi) is 1.74. The van der Waals surface area contributed by atoms with Crippen LogP contribution in [0.25, 0.3) is 0 Å². The minimum atomic E-state index is -0.259. The highest BCUT2D eigenvalue weighted by Gasteiger charge is 2.24. The van der Waals surface area contributed by atoms with Gasteiger partial charge in [0.25, 0.3) is 0 Å². The monoisotopic (exact) mass is 202 g/mol. The number of fused-ring (bicyclic) bond motifs is 1. The van der Waals surface area contributed by atoms with Crippen molar-refractivity contribution < 1.29 is 9.53 Å². The Morgan fingerprint density at radius 2 is 2.33 bits per heavy atom. The molecule has 76 valence electrons. The molecule has 0 unspecified atom stereocenters. The molecule has 2 heterocycles. The van der Waals surface area contributed by atoms with Gasteiger partial charge in [-0.05, 0) is 23.3 Å². The van der Waals surface area contributed by atoms with E-state index in [4.69, 9.17) is 4.74 Å². The van der Waals surface area contributed by atoms with Crippen molar-refractivity contribution in [2.24, 2.45) is 4.99 Å². The lowest BCUT2D eigenvalue weighted by Crippen LogP contribution is -2.23. The van der Waals surface area contributed by atoms with Gasteiger partial charge in [0.15, 0.2) is 0 Å². The summed E-state index contributed by atoms with van der Waals surface area (Å²) in [5.41, 5.74) is 3.21. The van der Waals surface area contributed by atoms with Gasteiger partial charge in [0.1, 0.15) is 6.61 Å². The van der Waals surface area contributed by atoms with Crippen molar-refractivity contribution in [3.8, 4) is 0 Å². The first kappa shape index (κ1) is 8.47. The summed E-state index contributed by atoms with van der Waals surface area (Å²) < 4.78 is 4.89. The van der Waals surface area contributed by atoms with Gasteiger partial charge >= 0.3 is 6.09 Å². The summed E-state index contributed by atoms with van der Waals surface area (Å²) >= 11 is 0. The van der Waals surface area contributed by atoms with Crippen LogP contribution >= 0.6 is 0 Å². The van der Waals surface area contributed by atoms with Crippen molar-refractivity contribution in [1.29, 1.82) is 0 Å². The van der Waals surface area contributed by atoms with Crippen LogP contribution < -0.4 is 4.90 Å². The number of nitrogens with zero attached hydrogens (tertiary/aromatic N) is 2. The number of benzene rings is 1. The molecule has 0 aromatic heterocycles. The summed E-state index contributed by atoms with van der Waals surface area (Å²) in [6.45, 7) is 1.86. The predicted molar refractivity (Wildman–Crippen MR) is 56.4 cm³/mol. The maximum atomic E-state index is 11.3. The van der Waals surface area contributed by atoms with Crippen molar-refractivity contribution >= 4 is 18.0 Å². The average molecular weight is 202 g/mol. The summed E-state index contributed by atoms with van der Waals surface area (Å²) in [6, 6.07) is 5.95. The Morgan fingerprint density at radius 3 is 3.13 bits per heavy atom. The minimum Gasteiger partial charge on any atom is -0.447 e. The quantitative estimate of drug-likeness (QED) is 0.693. The van der Waals surface area contributed by atoms with Crippen molar-refractivity contribution in [3.05, 3.63) is 29.3 Å². The molecule has 15 heavy (non-hydrogen) atoms. The summed E-state index contributed by atoms with van der Waals surface area (Å²) in [7, 11) is 0. The van der Waals surface area contributed by atoms with Crippen LogP contribution in [0.2, 0.25) is 0 Å². The molecule has 1 aromatic rings. The molecule has 1 fully saturated rings. The number of rotatable bonds is 1. The number of ether oxygens (including phenoxy) is 1. The van der Waals surface area contributed by atoms with Crippen molar-refractivity contribution in [2.45, 2.75) is 6.54 Å². The molecule has 0 bridgehead atoms. The third kappa shape index (κ3) is 1.29. The highest BCUT2D eigenvalue weighted by Crippen LogP contribution is 2.24. The van der Waals surface area contributed by atoms with Crippen LogP contribution in [0.5, 0.6) is 0 Å².